The van der Waals surface area contributed by atoms with E-state index in [0.29, 0.717) is 19.0 Å². The predicted molar refractivity (Wildman–Crippen MR) is 123 cm³/mol. The van der Waals surface area contributed by atoms with Crippen molar-refractivity contribution in [3.05, 3.63) is 35.0 Å². The maximum atomic E-state index is 13.4. The Bertz CT molecular complexity index is 993. The van der Waals surface area contributed by atoms with E-state index in [2.05, 4.69) is 16.4 Å². The van der Waals surface area contributed by atoms with Crippen molar-refractivity contribution >= 4 is 34.2 Å². The summed E-state index contributed by atoms with van der Waals surface area (Å²) in [5, 5.41) is 4.14. The molecule has 1 aliphatic carbocycles. The molecule has 2 aromatic rings. The van der Waals surface area contributed by atoms with Gasteiger partial charge in [0.05, 0.1) is 12.3 Å². The van der Waals surface area contributed by atoms with Crippen molar-refractivity contribution in [1.82, 2.24) is 14.9 Å². The SMILES string of the molecule is Cc1cnc(Nc2cccc(C3CCN(C(=O)[C@@H]4CC(=O)OC45CCCCC5)CC3)n2)s1. The minimum atomic E-state index is -0.543. The average Bonchev–Trinajstić information content (AvgIpc) is 3.36. The van der Waals surface area contributed by atoms with Crippen molar-refractivity contribution in [3.8, 4) is 0 Å². The average molecular weight is 455 g/mol. The van der Waals surface area contributed by atoms with Crippen molar-refractivity contribution in [1.29, 1.82) is 0 Å². The quantitative estimate of drug-likeness (QED) is 0.682. The lowest BCUT2D eigenvalue weighted by atomic mass is 9.75. The predicted octanol–water partition coefficient (Wildman–Crippen LogP) is 4.56. The molecule has 1 N–H and O–H groups in total. The van der Waals surface area contributed by atoms with Crippen LogP contribution in [0.3, 0.4) is 0 Å². The van der Waals surface area contributed by atoms with E-state index in [4.69, 9.17) is 9.72 Å². The second kappa shape index (κ2) is 8.81. The Hall–Kier alpha value is -2.48. The third-order valence-electron chi connectivity index (χ3n) is 7.17. The first-order valence-corrected chi connectivity index (χ1v) is 12.5. The highest BCUT2D eigenvalue weighted by atomic mass is 32.1. The van der Waals surface area contributed by atoms with E-state index in [9.17, 15) is 9.59 Å². The van der Waals surface area contributed by atoms with Crippen LogP contribution in [0.4, 0.5) is 10.9 Å². The summed E-state index contributed by atoms with van der Waals surface area (Å²) in [5.74, 6) is 0.724. The lowest BCUT2D eigenvalue weighted by molar-refractivity contribution is -0.156. The van der Waals surface area contributed by atoms with Gasteiger partial charge in [0.2, 0.25) is 5.91 Å². The zero-order valence-corrected chi connectivity index (χ0v) is 19.3. The van der Waals surface area contributed by atoms with Crippen LogP contribution in [-0.4, -0.2) is 45.4 Å². The van der Waals surface area contributed by atoms with E-state index in [1.165, 1.54) is 0 Å². The van der Waals surface area contributed by atoms with E-state index in [-0.39, 0.29) is 24.2 Å². The molecule has 8 heteroatoms. The lowest BCUT2D eigenvalue weighted by Crippen LogP contribution is -2.49. The standard InChI is InChI=1S/C24H30N4O3S/c1-16-15-25-23(32-16)27-20-7-5-6-19(26-20)17-8-12-28(13-9-17)22(30)18-14-21(29)31-24(18)10-3-2-4-11-24/h5-7,15,17-18H,2-4,8-14H2,1H3,(H,25,26,27)/t18-/m0/s1. The molecule has 0 unspecified atom stereocenters. The number of hydrogen-bond acceptors (Lipinski definition) is 7. The van der Waals surface area contributed by atoms with E-state index in [1.54, 1.807) is 11.3 Å². The number of carbonyl (C=O) groups excluding carboxylic acids is 2. The molecule has 1 saturated carbocycles. The van der Waals surface area contributed by atoms with Gasteiger partial charge in [0, 0.05) is 35.8 Å². The molecule has 3 fully saturated rings. The van der Waals surface area contributed by atoms with E-state index >= 15 is 0 Å². The molecule has 0 radical (unpaired) electrons. The Balaban J connectivity index is 1.22. The number of ether oxygens (including phenoxy) is 1. The van der Waals surface area contributed by atoms with Gasteiger partial charge in [-0.25, -0.2) is 9.97 Å². The molecule has 0 aromatic carbocycles. The van der Waals surface area contributed by atoms with Gasteiger partial charge in [-0.1, -0.05) is 12.5 Å². The molecular weight excluding hydrogens is 424 g/mol. The summed E-state index contributed by atoms with van der Waals surface area (Å²) < 4.78 is 5.76. The zero-order chi connectivity index (χ0) is 22.1. The van der Waals surface area contributed by atoms with Crippen LogP contribution in [0.2, 0.25) is 0 Å². The summed E-state index contributed by atoms with van der Waals surface area (Å²) in [4.78, 5) is 37.8. The fourth-order valence-electron chi connectivity index (χ4n) is 5.49. The minimum Gasteiger partial charge on any atom is -0.458 e. The van der Waals surface area contributed by atoms with Gasteiger partial charge in [-0.3, -0.25) is 9.59 Å². The molecule has 0 bridgehead atoms. The Morgan fingerprint density at radius 1 is 1.22 bits per heavy atom. The van der Waals surface area contributed by atoms with Crippen molar-refractivity contribution in [2.24, 2.45) is 5.92 Å². The molecule has 1 amide bonds. The normalized spacial score (nSPS) is 23.3. The summed E-state index contributed by atoms with van der Waals surface area (Å²) in [6.07, 6.45) is 8.75. The van der Waals surface area contributed by atoms with Gasteiger partial charge in [-0.15, -0.1) is 11.3 Å². The summed E-state index contributed by atoms with van der Waals surface area (Å²) in [7, 11) is 0. The Labute approximate surface area is 192 Å². The third kappa shape index (κ3) is 4.25. The maximum Gasteiger partial charge on any atom is 0.307 e. The maximum absolute atomic E-state index is 13.4. The number of piperidine rings is 1. The molecule has 3 aliphatic rings. The first kappa shape index (κ1) is 21.4. The number of esters is 1. The lowest BCUT2D eigenvalue weighted by Gasteiger charge is -2.39. The molecule has 7 nitrogen and oxygen atoms in total. The monoisotopic (exact) mass is 454 g/mol. The van der Waals surface area contributed by atoms with Gasteiger partial charge in [-0.2, -0.15) is 0 Å². The van der Waals surface area contributed by atoms with Gasteiger partial charge in [0.1, 0.15) is 11.4 Å². The van der Waals surface area contributed by atoms with Crippen molar-refractivity contribution in [2.45, 2.75) is 69.8 Å². The van der Waals surface area contributed by atoms with Gasteiger partial charge in [0.15, 0.2) is 5.13 Å². The van der Waals surface area contributed by atoms with Crippen molar-refractivity contribution in [3.63, 3.8) is 0 Å². The number of carbonyl (C=O) groups is 2. The molecule has 2 aromatic heterocycles. The number of aromatic nitrogens is 2. The van der Waals surface area contributed by atoms with Crippen LogP contribution in [0.1, 0.15) is 67.9 Å². The van der Waals surface area contributed by atoms with Gasteiger partial charge >= 0.3 is 5.97 Å². The number of amides is 1. The number of hydrogen-bond donors (Lipinski definition) is 1. The van der Waals surface area contributed by atoms with E-state index in [1.807, 2.05) is 30.2 Å². The smallest absolute Gasteiger partial charge is 0.307 e. The van der Waals surface area contributed by atoms with Gasteiger partial charge in [-0.05, 0) is 57.6 Å². The first-order chi connectivity index (χ1) is 15.5. The van der Waals surface area contributed by atoms with Crippen LogP contribution in [-0.2, 0) is 14.3 Å². The molecule has 32 heavy (non-hydrogen) atoms. The molecular formula is C24H30N4O3S. The topological polar surface area (TPSA) is 84.4 Å². The second-order valence-electron chi connectivity index (χ2n) is 9.30. The van der Waals surface area contributed by atoms with Crippen molar-refractivity contribution in [2.75, 3.05) is 18.4 Å². The number of thiazole rings is 1. The Morgan fingerprint density at radius 2 is 2.00 bits per heavy atom. The number of aryl methyl sites for hydroxylation is 1. The second-order valence-corrected chi connectivity index (χ2v) is 10.5. The van der Waals surface area contributed by atoms with Gasteiger partial charge < -0.3 is 15.0 Å². The summed E-state index contributed by atoms with van der Waals surface area (Å²) >= 11 is 1.61. The number of likely N-dealkylation sites (tertiary alicyclic amines) is 1. The largest absolute Gasteiger partial charge is 0.458 e. The van der Waals surface area contributed by atoms with E-state index < -0.39 is 5.60 Å². The van der Waals surface area contributed by atoms with Gasteiger partial charge in [0.25, 0.3) is 0 Å². The molecule has 4 heterocycles. The summed E-state index contributed by atoms with van der Waals surface area (Å²) in [6, 6.07) is 6.05. The molecule has 2 saturated heterocycles. The number of nitrogens with zero attached hydrogens (tertiary/aromatic N) is 3. The Morgan fingerprint density at radius 3 is 2.72 bits per heavy atom. The third-order valence-corrected chi connectivity index (χ3v) is 8.00. The highest BCUT2D eigenvalue weighted by molar-refractivity contribution is 7.15. The summed E-state index contributed by atoms with van der Waals surface area (Å²) in [5.41, 5.74) is 0.512. The van der Waals surface area contributed by atoms with Crippen LogP contribution in [0.25, 0.3) is 0 Å². The summed E-state index contributed by atoms with van der Waals surface area (Å²) in [6.45, 7) is 3.44. The fraction of sp³-hybridized carbons (Fsp3) is 0.583. The highest BCUT2D eigenvalue weighted by Crippen LogP contribution is 2.45. The highest BCUT2D eigenvalue weighted by Gasteiger charge is 2.53. The molecule has 5 rings (SSSR count). The van der Waals surface area contributed by atoms with Crippen LogP contribution in [0.5, 0.6) is 0 Å². The molecule has 1 atom stereocenters. The Kier molecular flexibility index (Phi) is 5.88. The van der Waals surface area contributed by atoms with Crippen LogP contribution in [0.15, 0.2) is 24.4 Å². The molecule has 2 aliphatic heterocycles. The van der Waals surface area contributed by atoms with Crippen LogP contribution >= 0.6 is 11.3 Å². The zero-order valence-electron chi connectivity index (χ0n) is 18.5. The van der Waals surface area contributed by atoms with E-state index in [0.717, 1.165) is 66.5 Å². The first-order valence-electron chi connectivity index (χ1n) is 11.7. The van der Waals surface area contributed by atoms with Crippen LogP contribution < -0.4 is 5.32 Å². The number of pyridine rings is 1. The van der Waals surface area contributed by atoms with Crippen LogP contribution in [0, 0.1) is 12.8 Å². The fourth-order valence-corrected chi connectivity index (χ4v) is 6.16. The van der Waals surface area contributed by atoms with Crippen molar-refractivity contribution < 1.29 is 14.3 Å². The number of nitrogens with one attached hydrogen (secondary N) is 1. The molecule has 170 valence electrons. The number of anilines is 2. The minimum absolute atomic E-state index is 0.110. The molecule has 1 spiro atoms. The number of rotatable bonds is 4.